The number of benzene rings is 1. The van der Waals surface area contributed by atoms with Gasteiger partial charge in [0.1, 0.15) is 11.2 Å². The third-order valence-corrected chi connectivity index (χ3v) is 6.43. The van der Waals surface area contributed by atoms with Crippen molar-refractivity contribution in [3.05, 3.63) is 29.6 Å². The normalized spacial score (nSPS) is 21.3. The van der Waals surface area contributed by atoms with Gasteiger partial charge in [-0.05, 0) is 25.6 Å². The van der Waals surface area contributed by atoms with Crippen molar-refractivity contribution in [3.63, 3.8) is 0 Å². The lowest BCUT2D eigenvalue weighted by Crippen LogP contribution is -2.48. The van der Waals surface area contributed by atoms with Gasteiger partial charge in [-0.15, -0.1) is 0 Å². The predicted molar refractivity (Wildman–Crippen MR) is 87.2 cm³/mol. The molecule has 1 saturated heterocycles. The van der Waals surface area contributed by atoms with E-state index in [4.69, 9.17) is 0 Å². The Balaban J connectivity index is 2.53. The first-order valence-electron chi connectivity index (χ1n) is 6.85. The Kier molecular flexibility index (Phi) is 5.16. The maximum Gasteiger partial charge on any atom is 0.169 e. The number of halogens is 1. The number of nitrogens with zero attached hydrogens (tertiary/aromatic N) is 1. The second-order valence-electron chi connectivity index (χ2n) is 5.24. The lowest BCUT2D eigenvalue weighted by Gasteiger charge is -2.37. The molecule has 1 N–H and O–H groups in total. The van der Waals surface area contributed by atoms with Crippen LogP contribution in [0.25, 0.3) is 0 Å². The number of hydrogen-bond donors (Lipinski definition) is 1. The Labute approximate surface area is 130 Å². The zero-order chi connectivity index (χ0) is 15.6. The summed E-state index contributed by atoms with van der Waals surface area (Å²) in [7, 11) is -1.47. The fourth-order valence-corrected chi connectivity index (χ4v) is 5.36. The molecule has 1 aromatic rings. The Morgan fingerprint density at radius 3 is 2.81 bits per heavy atom. The SMILES string of the molecule is CNC(C)c1cccc(F)c1N1CCSCC1S(C)(=O)=O. The van der Waals surface area contributed by atoms with Crippen LogP contribution in [0.3, 0.4) is 0 Å². The van der Waals surface area contributed by atoms with Gasteiger partial charge < -0.3 is 10.2 Å². The molecule has 2 unspecified atom stereocenters. The highest BCUT2D eigenvalue weighted by atomic mass is 32.2. The molecular weight excluding hydrogens is 311 g/mol. The highest BCUT2D eigenvalue weighted by molar-refractivity contribution is 8.01. The molecule has 1 aliphatic heterocycles. The van der Waals surface area contributed by atoms with Crippen LogP contribution in [0.15, 0.2) is 18.2 Å². The lowest BCUT2D eigenvalue weighted by atomic mass is 10.0. The average molecular weight is 332 g/mol. The highest BCUT2D eigenvalue weighted by Crippen LogP contribution is 2.34. The number of hydrogen-bond acceptors (Lipinski definition) is 5. The van der Waals surface area contributed by atoms with Gasteiger partial charge in [-0.3, -0.25) is 0 Å². The van der Waals surface area contributed by atoms with Crippen molar-refractivity contribution in [2.75, 3.05) is 36.3 Å². The van der Waals surface area contributed by atoms with Gasteiger partial charge in [0.15, 0.2) is 9.84 Å². The van der Waals surface area contributed by atoms with E-state index < -0.39 is 15.2 Å². The summed E-state index contributed by atoms with van der Waals surface area (Å²) in [5.74, 6) is 0.906. The number of rotatable bonds is 4. The summed E-state index contributed by atoms with van der Waals surface area (Å²) in [5.41, 5.74) is 1.20. The van der Waals surface area contributed by atoms with Crippen LogP contribution in [0.5, 0.6) is 0 Å². The third-order valence-electron chi connectivity index (χ3n) is 3.78. The summed E-state index contributed by atoms with van der Waals surface area (Å²) in [4.78, 5) is 1.71. The molecular formula is C14H21FN2O2S2. The molecule has 2 atom stereocenters. The molecule has 0 amide bonds. The van der Waals surface area contributed by atoms with Crippen molar-refractivity contribution in [1.82, 2.24) is 5.32 Å². The van der Waals surface area contributed by atoms with E-state index in [0.29, 0.717) is 18.0 Å². The van der Waals surface area contributed by atoms with Crippen molar-refractivity contribution in [3.8, 4) is 0 Å². The number of sulfone groups is 1. The number of anilines is 1. The Morgan fingerprint density at radius 2 is 2.19 bits per heavy atom. The largest absolute Gasteiger partial charge is 0.351 e. The molecule has 2 rings (SSSR count). The zero-order valence-corrected chi connectivity index (χ0v) is 14.1. The molecule has 1 heterocycles. The first kappa shape index (κ1) is 16.6. The molecule has 7 heteroatoms. The van der Waals surface area contributed by atoms with Gasteiger partial charge >= 0.3 is 0 Å². The van der Waals surface area contributed by atoms with Crippen molar-refractivity contribution in [2.45, 2.75) is 18.3 Å². The van der Waals surface area contributed by atoms with Crippen LogP contribution in [0, 0.1) is 5.82 Å². The van der Waals surface area contributed by atoms with Gasteiger partial charge in [-0.2, -0.15) is 11.8 Å². The summed E-state index contributed by atoms with van der Waals surface area (Å²) in [6, 6.07) is 4.85. The molecule has 0 bridgehead atoms. The first-order valence-corrected chi connectivity index (χ1v) is 9.96. The second-order valence-corrected chi connectivity index (χ2v) is 8.59. The van der Waals surface area contributed by atoms with Gasteiger partial charge in [0.05, 0.1) is 5.69 Å². The molecule has 4 nitrogen and oxygen atoms in total. The summed E-state index contributed by atoms with van der Waals surface area (Å²) < 4.78 is 38.5. The second kappa shape index (κ2) is 6.54. The van der Waals surface area contributed by atoms with E-state index >= 15 is 0 Å². The van der Waals surface area contributed by atoms with Crippen LogP contribution < -0.4 is 10.2 Å². The third kappa shape index (κ3) is 3.52. The van der Waals surface area contributed by atoms with Crippen LogP contribution in [0.4, 0.5) is 10.1 Å². The summed E-state index contributed by atoms with van der Waals surface area (Å²) in [5, 5.41) is 2.42. The molecule has 21 heavy (non-hydrogen) atoms. The van der Waals surface area contributed by atoms with Crippen molar-refractivity contribution >= 4 is 27.3 Å². The Morgan fingerprint density at radius 1 is 1.48 bits per heavy atom. The maximum absolute atomic E-state index is 14.4. The van der Waals surface area contributed by atoms with E-state index in [0.717, 1.165) is 11.3 Å². The van der Waals surface area contributed by atoms with E-state index in [1.54, 1.807) is 29.8 Å². The Bertz CT molecular complexity index is 607. The van der Waals surface area contributed by atoms with Gasteiger partial charge in [-0.25, -0.2) is 12.8 Å². The highest BCUT2D eigenvalue weighted by Gasteiger charge is 2.34. The first-order chi connectivity index (χ1) is 9.86. The quantitative estimate of drug-likeness (QED) is 0.914. The van der Waals surface area contributed by atoms with E-state index in [9.17, 15) is 12.8 Å². The molecule has 0 spiro atoms. The molecule has 0 saturated carbocycles. The fourth-order valence-electron chi connectivity index (χ4n) is 2.53. The van der Waals surface area contributed by atoms with Crippen LogP contribution in [0.1, 0.15) is 18.5 Å². The van der Waals surface area contributed by atoms with Crippen LogP contribution in [-0.2, 0) is 9.84 Å². The summed E-state index contributed by atoms with van der Waals surface area (Å²) in [6.07, 6.45) is 1.22. The van der Waals surface area contributed by atoms with Crippen LogP contribution in [0.2, 0.25) is 0 Å². The van der Waals surface area contributed by atoms with Gasteiger partial charge in [0.2, 0.25) is 0 Å². The minimum absolute atomic E-state index is 0.0505. The Hall–Kier alpha value is -0.790. The van der Waals surface area contributed by atoms with Gasteiger partial charge in [-0.1, -0.05) is 12.1 Å². The van der Waals surface area contributed by atoms with Crippen molar-refractivity contribution < 1.29 is 12.8 Å². The molecule has 0 aliphatic carbocycles. The molecule has 1 fully saturated rings. The molecule has 118 valence electrons. The van der Waals surface area contributed by atoms with Gasteiger partial charge in [0.25, 0.3) is 0 Å². The van der Waals surface area contributed by atoms with Gasteiger partial charge in [0, 0.05) is 30.3 Å². The molecule has 1 aromatic carbocycles. The molecule has 0 aromatic heterocycles. The number of thioether (sulfide) groups is 1. The van der Waals surface area contributed by atoms with E-state index in [1.807, 2.05) is 13.0 Å². The smallest absolute Gasteiger partial charge is 0.169 e. The predicted octanol–water partition coefficient (Wildman–Crippen LogP) is 2.03. The number of nitrogens with one attached hydrogen (secondary N) is 1. The lowest BCUT2D eigenvalue weighted by molar-refractivity contribution is 0.572. The minimum Gasteiger partial charge on any atom is -0.351 e. The zero-order valence-electron chi connectivity index (χ0n) is 12.5. The maximum atomic E-state index is 14.4. The van der Waals surface area contributed by atoms with E-state index in [-0.39, 0.29) is 11.9 Å². The average Bonchev–Trinajstić information content (AvgIpc) is 2.45. The number of para-hydroxylation sites is 1. The van der Waals surface area contributed by atoms with E-state index in [2.05, 4.69) is 5.32 Å². The van der Waals surface area contributed by atoms with Crippen molar-refractivity contribution in [2.24, 2.45) is 0 Å². The van der Waals surface area contributed by atoms with E-state index in [1.165, 1.54) is 12.3 Å². The monoisotopic (exact) mass is 332 g/mol. The topological polar surface area (TPSA) is 49.4 Å². The molecule has 0 radical (unpaired) electrons. The molecule has 1 aliphatic rings. The van der Waals surface area contributed by atoms with Crippen LogP contribution >= 0.6 is 11.8 Å². The van der Waals surface area contributed by atoms with Crippen LogP contribution in [-0.4, -0.2) is 45.1 Å². The summed E-state index contributed by atoms with van der Waals surface area (Å²) in [6.45, 7) is 2.47. The summed E-state index contributed by atoms with van der Waals surface area (Å²) >= 11 is 1.60. The van der Waals surface area contributed by atoms with Crippen molar-refractivity contribution in [1.29, 1.82) is 0 Å². The minimum atomic E-state index is -3.27. The standard InChI is InChI=1S/C14H21FN2O2S2/c1-10(16-2)11-5-4-6-12(15)14(11)17-7-8-20-9-13(17)21(3,18)19/h4-6,10,13,16H,7-9H2,1-3H3. The fraction of sp³-hybridized carbons (Fsp3) is 0.571.